The monoisotopic (exact) mass is 356 g/mol. The standard InChI is InChI=1S/C20H24N2O4/c1-3-16-7-5-6-8-18(16)26-14-22-20(24)21-13-15-9-11-17(12-10-15)19(23)25-4-2/h5-12H,3-4,13-14H2,1-2H3,(H2,21,22,24). The Morgan fingerprint density at radius 3 is 2.38 bits per heavy atom. The molecule has 0 aliphatic rings. The lowest BCUT2D eigenvalue weighted by Gasteiger charge is -2.12. The Morgan fingerprint density at radius 1 is 0.962 bits per heavy atom. The number of amides is 2. The third kappa shape index (κ3) is 5.81. The number of benzene rings is 2. The van der Waals surface area contributed by atoms with Crippen LogP contribution in [0.3, 0.4) is 0 Å². The number of aryl methyl sites for hydroxylation is 1. The van der Waals surface area contributed by atoms with Gasteiger partial charge in [0.05, 0.1) is 12.2 Å². The van der Waals surface area contributed by atoms with Crippen LogP contribution >= 0.6 is 0 Å². The Balaban J connectivity index is 1.74. The zero-order valence-electron chi connectivity index (χ0n) is 15.1. The Labute approximate surface area is 153 Å². The summed E-state index contributed by atoms with van der Waals surface area (Å²) < 4.78 is 10.5. The number of ether oxygens (including phenoxy) is 2. The SMILES string of the molecule is CCOC(=O)c1ccc(CNC(=O)NCOc2ccccc2CC)cc1. The van der Waals surface area contributed by atoms with Crippen molar-refractivity contribution in [2.24, 2.45) is 0 Å². The average molecular weight is 356 g/mol. The zero-order valence-corrected chi connectivity index (χ0v) is 15.1. The van der Waals surface area contributed by atoms with Crippen molar-refractivity contribution < 1.29 is 19.1 Å². The van der Waals surface area contributed by atoms with Crippen molar-refractivity contribution in [1.29, 1.82) is 0 Å². The van der Waals surface area contributed by atoms with Crippen LogP contribution in [0.4, 0.5) is 4.79 Å². The minimum atomic E-state index is -0.353. The molecule has 0 atom stereocenters. The summed E-state index contributed by atoms with van der Waals surface area (Å²) in [5.41, 5.74) is 2.46. The Kier molecular flexibility index (Phi) is 7.49. The lowest BCUT2D eigenvalue weighted by molar-refractivity contribution is 0.0526. The fraction of sp³-hybridized carbons (Fsp3) is 0.300. The number of carbonyl (C=O) groups is 2. The van der Waals surface area contributed by atoms with Gasteiger partial charge in [0.15, 0.2) is 6.73 Å². The van der Waals surface area contributed by atoms with E-state index in [2.05, 4.69) is 17.6 Å². The number of urea groups is 1. The van der Waals surface area contributed by atoms with E-state index in [9.17, 15) is 9.59 Å². The second-order valence-electron chi connectivity index (χ2n) is 5.53. The summed E-state index contributed by atoms with van der Waals surface area (Å²) in [5.74, 6) is 0.416. The van der Waals surface area contributed by atoms with E-state index in [1.54, 1.807) is 31.2 Å². The third-order valence-electron chi connectivity index (χ3n) is 3.73. The van der Waals surface area contributed by atoms with Crippen LogP contribution in [0.2, 0.25) is 0 Å². The number of nitrogens with one attached hydrogen (secondary N) is 2. The molecule has 0 aliphatic carbocycles. The van der Waals surface area contributed by atoms with Crippen molar-refractivity contribution in [3.8, 4) is 5.75 Å². The molecule has 0 spiro atoms. The summed E-state index contributed by atoms with van der Waals surface area (Å²) in [6.07, 6.45) is 0.865. The topological polar surface area (TPSA) is 76.7 Å². The molecule has 2 amide bonds. The maximum absolute atomic E-state index is 11.8. The third-order valence-corrected chi connectivity index (χ3v) is 3.73. The van der Waals surface area contributed by atoms with E-state index < -0.39 is 0 Å². The molecule has 2 rings (SSSR count). The number of hydrogen-bond acceptors (Lipinski definition) is 4. The van der Waals surface area contributed by atoms with E-state index in [1.165, 1.54) is 0 Å². The zero-order chi connectivity index (χ0) is 18.8. The van der Waals surface area contributed by atoms with Crippen molar-refractivity contribution in [3.63, 3.8) is 0 Å². The van der Waals surface area contributed by atoms with Crippen LogP contribution in [0, 0.1) is 0 Å². The van der Waals surface area contributed by atoms with Gasteiger partial charge in [-0.25, -0.2) is 9.59 Å². The van der Waals surface area contributed by atoms with Gasteiger partial charge in [0.2, 0.25) is 0 Å². The lowest BCUT2D eigenvalue weighted by Crippen LogP contribution is -2.37. The molecule has 6 heteroatoms. The molecule has 0 aliphatic heterocycles. The molecule has 2 aromatic carbocycles. The molecular weight excluding hydrogens is 332 g/mol. The molecule has 26 heavy (non-hydrogen) atoms. The molecule has 0 radical (unpaired) electrons. The second kappa shape index (κ2) is 10.1. The summed E-state index contributed by atoms with van der Waals surface area (Å²) in [7, 11) is 0. The molecule has 6 nitrogen and oxygen atoms in total. The van der Waals surface area contributed by atoms with E-state index in [0.717, 1.165) is 23.3 Å². The minimum Gasteiger partial charge on any atom is -0.473 e. The van der Waals surface area contributed by atoms with Gasteiger partial charge in [-0.2, -0.15) is 0 Å². The molecule has 0 unspecified atom stereocenters. The van der Waals surface area contributed by atoms with E-state index in [4.69, 9.17) is 9.47 Å². The van der Waals surface area contributed by atoms with Crippen LogP contribution in [0.25, 0.3) is 0 Å². The summed E-state index contributed by atoms with van der Waals surface area (Å²) in [6, 6.07) is 14.3. The minimum absolute atomic E-state index is 0.0879. The number of para-hydroxylation sites is 1. The number of hydrogen-bond donors (Lipinski definition) is 2. The molecule has 2 N–H and O–H groups in total. The molecule has 138 valence electrons. The lowest BCUT2D eigenvalue weighted by atomic mass is 10.1. The average Bonchev–Trinajstić information content (AvgIpc) is 2.67. The maximum atomic E-state index is 11.8. The van der Waals surface area contributed by atoms with Crippen LogP contribution in [0.15, 0.2) is 48.5 Å². The second-order valence-corrected chi connectivity index (χ2v) is 5.53. The summed E-state index contributed by atoms with van der Waals surface area (Å²) in [6.45, 7) is 4.59. The summed E-state index contributed by atoms with van der Waals surface area (Å²) >= 11 is 0. The van der Waals surface area contributed by atoms with Gasteiger partial charge in [-0.05, 0) is 42.7 Å². The van der Waals surface area contributed by atoms with Crippen molar-refractivity contribution >= 4 is 12.0 Å². The van der Waals surface area contributed by atoms with Crippen molar-refractivity contribution in [3.05, 3.63) is 65.2 Å². The first-order valence-electron chi connectivity index (χ1n) is 8.62. The van der Waals surface area contributed by atoms with E-state index in [-0.39, 0.29) is 18.7 Å². The van der Waals surface area contributed by atoms with Gasteiger partial charge in [0.1, 0.15) is 5.75 Å². The van der Waals surface area contributed by atoms with Crippen LogP contribution in [0.5, 0.6) is 5.75 Å². The normalized spacial score (nSPS) is 10.1. The van der Waals surface area contributed by atoms with Gasteiger partial charge in [-0.3, -0.25) is 0 Å². The van der Waals surface area contributed by atoms with Crippen molar-refractivity contribution in [1.82, 2.24) is 10.6 Å². The highest BCUT2D eigenvalue weighted by molar-refractivity contribution is 5.89. The first kappa shape index (κ1) is 19.3. The van der Waals surface area contributed by atoms with Gasteiger partial charge in [0, 0.05) is 6.54 Å². The maximum Gasteiger partial charge on any atom is 0.338 e. The van der Waals surface area contributed by atoms with Crippen LogP contribution in [-0.2, 0) is 17.7 Å². The van der Waals surface area contributed by atoms with Crippen molar-refractivity contribution in [2.45, 2.75) is 26.8 Å². The molecule has 0 bridgehead atoms. The van der Waals surface area contributed by atoms with E-state index >= 15 is 0 Å². The first-order valence-corrected chi connectivity index (χ1v) is 8.62. The van der Waals surface area contributed by atoms with Crippen LogP contribution < -0.4 is 15.4 Å². The smallest absolute Gasteiger partial charge is 0.338 e. The number of rotatable bonds is 8. The highest BCUT2D eigenvalue weighted by Gasteiger charge is 2.06. The summed E-state index contributed by atoms with van der Waals surface area (Å²) in [5, 5.41) is 5.39. The quantitative estimate of drug-likeness (QED) is 0.562. The Bertz CT molecular complexity index is 729. The predicted octanol–water partition coefficient (Wildman–Crippen LogP) is 3.26. The molecule has 0 heterocycles. The Hall–Kier alpha value is -3.02. The van der Waals surface area contributed by atoms with Crippen molar-refractivity contribution in [2.75, 3.05) is 13.3 Å². The van der Waals surface area contributed by atoms with E-state index in [0.29, 0.717) is 18.7 Å². The van der Waals surface area contributed by atoms with Gasteiger partial charge in [-0.15, -0.1) is 0 Å². The fourth-order valence-corrected chi connectivity index (χ4v) is 2.33. The largest absolute Gasteiger partial charge is 0.473 e. The molecular formula is C20H24N2O4. The molecule has 0 saturated heterocycles. The molecule has 0 aromatic heterocycles. The fourth-order valence-electron chi connectivity index (χ4n) is 2.33. The van der Waals surface area contributed by atoms with E-state index in [1.807, 2.05) is 24.3 Å². The van der Waals surface area contributed by atoms with Gasteiger partial charge >= 0.3 is 12.0 Å². The molecule has 2 aromatic rings. The Morgan fingerprint density at radius 2 is 1.69 bits per heavy atom. The molecule has 0 fully saturated rings. The number of carbonyl (C=O) groups excluding carboxylic acids is 2. The van der Waals surface area contributed by atoms with Gasteiger partial charge < -0.3 is 20.1 Å². The predicted molar refractivity (Wildman–Crippen MR) is 99.1 cm³/mol. The highest BCUT2D eigenvalue weighted by Crippen LogP contribution is 2.17. The highest BCUT2D eigenvalue weighted by atomic mass is 16.5. The van der Waals surface area contributed by atoms with Gasteiger partial charge in [0.25, 0.3) is 0 Å². The number of esters is 1. The molecule has 0 saturated carbocycles. The van der Waals surface area contributed by atoms with Crippen LogP contribution in [0.1, 0.15) is 35.3 Å². The first-order chi connectivity index (χ1) is 12.6. The summed E-state index contributed by atoms with van der Waals surface area (Å²) in [4.78, 5) is 23.4. The van der Waals surface area contributed by atoms with Gasteiger partial charge in [-0.1, -0.05) is 37.3 Å². The van der Waals surface area contributed by atoms with Crippen LogP contribution in [-0.4, -0.2) is 25.3 Å².